The summed E-state index contributed by atoms with van der Waals surface area (Å²) >= 11 is 1.80. The van der Waals surface area contributed by atoms with Gasteiger partial charge in [0.15, 0.2) is 0 Å². The van der Waals surface area contributed by atoms with E-state index in [0.29, 0.717) is 11.2 Å². The van der Waals surface area contributed by atoms with Crippen LogP contribution in [-0.4, -0.2) is 12.3 Å². The average molecular weight is 249 g/mol. The Labute approximate surface area is 110 Å². The quantitative estimate of drug-likeness (QED) is 0.733. The maximum atomic E-state index is 4.13. The smallest absolute Gasteiger partial charge is 0.0678 e. The van der Waals surface area contributed by atoms with Crippen molar-refractivity contribution in [2.24, 2.45) is 0 Å². The van der Waals surface area contributed by atoms with E-state index >= 15 is 0 Å². The molecule has 1 nitrogen and oxygen atoms in total. The van der Waals surface area contributed by atoms with Gasteiger partial charge in [-0.15, -0.1) is 11.8 Å². The van der Waals surface area contributed by atoms with Gasteiger partial charge >= 0.3 is 0 Å². The van der Waals surface area contributed by atoms with Crippen LogP contribution < -0.4 is 4.90 Å². The minimum Gasteiger partial charge on any atom is -0.340 e. The van der Waals surface area contributed by atoms with Crippen LogP contribution in [0.2, 0.25) is 0 Å². The third-order valence-electron chi connectivity index (χ3n) is 2.67. The molecule has 2 heteroatoms. The molecule has 1 rings (SSSR count). The van der Waals surface area contributed by atoms with Crippen LogP contribution in [0.25, 0.3) is 0 Å². The highest BCUT2D eigenvalue weighted by Crippen LogP contribution is 2.28. The van der Waals surface area contributed by atoms with Gasteiger partial charge in [0.2, 0.25) is 0 Å². The fourth-order valence-electron chi connectivity index (χ4n) is 1.59. The zero-order valence-electron chi connectivity index (χ0n) is 11.5. The van der Waals surface area contributed by atoms with Crippen molar-refractivity contribution in [2.45, 2.75) is 38.9 Å². The minimum atomic E-state index is 0.564. The first kappa shape index (κ1) is 14.2. The molecular weight excluding hydrogens is 226 g/mol. The Morgan fingerprint density at radius 1 is 1.24 bits per heavy atom. The summed E-state index contributed by atoms with van der Waals surface area (Å²) < 4.78 is 0. The van der Waals surface area contributed by atoms with Crippen LogP contribution in [0, 0.1) is 0 Å². The van der Waals surface area contributed by atoms with Gasteiger partial charge in [-0.1, -0.05) is 46.4 Å². The topological polar surface area (TPSA) is 3.24 Å². The summed E-state index contributed by atoms with van der Waals surface area (Å²) in [5.41, 5.74) is 2.59. The SMILES string of the molecule is C=C(SC(C)C)N(C)c1cccc(C(C)C)c1. The van der Waals surface area contributed by atoms with Crippen LogP contribution in [0.1, 0.15) is 39.2 Å². The number of hydrogen-bond acceptors (Lipinski definition) is 2. The average Bonchev–Trinajstić information content (AvgIpc) is 2.27. The molecule has 0 spiro atoms. The normalized spacial score (nSPS) is 11.0. The van der Waals surface area contributed by atoms with Gasteiger partial charge < -0.3 is 4.90 Å². The molecule has 0 saturated carbocycles. The molecule has 0 aromatic heterocycles. The number of nitrogens with zero attached hydrogens (tertiary/aromatic N) is 1. The van der Waals surface area contributed by atoms with E-state index in [0.717, 1.165) is 5.03 Å². The lowest BCUT2D eigenvalue weighted by atomic mass is 10.0. The molecule has 0 aliphatic rings. The van der Waals surface area contributed by atoms with Crippen LogP contribution in [-0.2, 0) is 0 Å². The fourth-order valence-corrected chi connectivity index (χ4v) is 2.40. The van der Waals surface area contributed by atoms with Crippen molar-refractivity contribution in [3.8, 4) is 0 Å². The van der Waals surface area contributed by atoms with Crippen molar-refractivity contribution in [1.82, 2.24) is 0 Å². The maximum Gasteiger partial charge on any atom is 0.0678 e. The van der Waals surface area contributed by atoms with Crippen LogP contribution in [0.5, 0.6) is 0 Å². The van der Waals surface area contributed by atoms with E-state index in [9.17, 15) is 0 Å². The largest absolute Gasteiger partial charge is 0.340 e. The number of benzene rings is 1. The molecule has 17 heavy (non-hydrogen) atoms. The van der Waals surface area contributed by atoms with Crippen molar-refractivity contribution in [1.29, 1.82) is 0 Å². The second kappa shape index (κ2) is 6.15. The lowest BCUT2D eigenvalue weighted by Crippen LogP contribution is -2.14. The fraction of sp³-hybridized carbons (Fsp3) is 0.467. The Kier molecular flexibility index (Phi) is 5.13. The standard InChI is InChI=1S/C15H23NS/c1-11(2)14-8-7-9-15(10-14)16(6)13(5)17-12(3)4/h7-12H,5H2,1-4,6H3. The summed E-state index contributed by atoms with van der Waals surface area (Å²) in [6.07, 6.45) is 0. The summed E-state index contributed by atoms with van der Waals surface area (Å²) in [5.74, 6) is 0.564. The molecule has 0 N–H and O–H groups in total. The Morgan fingerprint density at radius 3 is 2.41 bits per heavy atom. The molecule has 0 atom stereocenters. The molecule has 1 aromatic carbocycles. The van der Waals surface area contributed by atoms with Crippen molar-refractivity contribution in [3.05, 3.63) is 41.4 Å². The molecule has 0 amide bonds. The highest BCUT2D eigenvalue weighted by Gasteiger charge is 2.09. The predicted octanol–water partition coefficient (Wildman–Crippen LogP) is 4.86. The number of hydrogen-bond donors (Lipinski definition) is 0. The molecule has 0 heterocycles. The Bertz CT molecular complexity index is 382. The van der Waals surface area contributed by atoms with Crippen molar-refractivity contribution in [2.75, 3.05) is 11.9 Å². The van der Waals surface area contributed by atoms with Gasteiger partial charge in [-0.3, -0.25) is 0 Å². The van der Waals surface area contributed by atoms with Gasteiger partial charge in [0, 0.05) is 18.0 Å². The molecule has 0 aliphatic carbocycles. The monoisotopic (exact) mass is 249 g/mol. The third kappa shape index (κ3) is 4.12. The number of rotatable bonds is 5. The van der Waals surface area contributed by atoms with E-state index in [-0.39, 0.29) is 0 Å². The molecule has 0 fully saturated rings. The summed E-state index contributed by atoms with van der Waals surface area (Å²) in [7, 11) is 2.08. The molecule has 0 radical (unpaired) electrons. The summed E-state index contributed by atoms with van der Waals surface area (Å²) in [4.78, 5) is 2.16. The first-order valence-electron chi connectivity index (χ1n) is 6.11. The molecule has 0 unspecified atom stereocenters. The number of anilines is 1. The Balaban J connectivity index is 2.85. The lowest BCUT2D eigenvalue weighted by Gasteiger charge is -2.23. The zero-order chi connectivity index (χ0) is 13.0. The van der Waals surface area contributed by atoms with Crippen molar-refractivity contribution in [3.63, 3.8) is 0 Å². The Morgan fingerprint density at radius 2 is 1.88 bits per heavy atom. The van der Waals surface area contributed by atoms with Crippen LogP contribution >= 0.6 is 11.8 Å². The third-order valence-corrected chi connectivity index (χ3v) is 3.69. The molecular formula is C15H23NS. The van der Waals surface area contributed by atoms with E-state index in [1.165, 1.54) is 11.3 Å². The van der Waals surface area contributed by atoms with Gasteiger partial charge in [-0.25, -0.2) is 0 Å². The lowest BCUT2D eigenvalue weighted by molar-refractivity contribution is 0.866. The molecule has 94 valence electrons. The highest BCUT2D eigenvalue weighted by molar-refractivity contribution is 8.03. The van der Waals surface area contributed by atoms with E-state index in [1.54, 1.807) is 11.8 Å². The summed E-state index contributed by atoms with van der Waals surface area (Å²) in [5, 5.41) is 1.67. The molecule has 0 bridgehead atoms. The van der Waals surface area contributed by atoms with Crippen LogP contribution in [0.15, 0.2) is 35.9 Å². The molecule has 1 aromatic rings. The van der Waals surface area contributed by atoms with E-state index in [1.807, 2.05) is 0 Å². The second-order valence-corrected chi connectivity index (χ2v) is 6.52. The number of thioether (sulfide) groups is 1. The maximum absolute atomic E-state index is 4.13. The van der Waals surface area contributed by atoms with Crippen LogP contribution in [0.4, 0.5) is 5.69 Å². The zero-order valence-corrected chi connectivity index (χ0v) is 12.3. The first-order chi connectivity index (χ1) is 7.91. The van der Waals surface area contributed by atoms with Gasteiger partial charge in [-0.2, -0.15) is 0 Å². The predicted molar refractivity (Wildman–Crippen MR) is 80.8 cm³/mol. The van der Waals surface area contributed by atoms with Gasteiger partial charge in [0.05, 0.1) is 5.03 Å². The summed E-state index contributed by atoms with van der Waals surface area (Å²) in [6.45, 7) is 13.0. The van der Waals surface area contributed by atoms with E-state index < -0.39 is 0 Å². The first-order valence-corrected chi connectivity index (χ1v) is 6.99. The van der Waals surface area contributed by atoms with Crippen molar-refractivity contribution < 1.29 is 0 Å². The summed E-state index contributed by atoms with van der Waals surface area (Å²) in [6, 6.07) is 8.68. The van der Waals surface area contributed by atoms with E-state index in [4.69, 9.17) is 0 Å². The van der Waals surface area contributed by atoms with Gasteiger partial charge in [0.1, 0.15) is 0 Å². The molecule has 0 aliphatic heterocycles. The molecule has 0 saturated heterocycles. The van der Waals surface area contributed by atoms with Gasteiger partial charge in [0.25, 0.3) is 0 Å². The van der Waals surface area contributed by atoms with Gasteiger partial charge in [-0.05, 0) is 23.6 Å². The second-order valence-electron chi connectivity index (χ2n) is 4.87. The highest BCUT2D eigenvalue weighted by atomic mass is 32.2. The van der Waals surface area contributed by atoms with E-state index in [2.05, 4.69) is 70.5 Å². The van der Waals surface area contributed by atoms with Crippen molar-refractivity contribution >= 4 is 17.4 Å². The Hall–Kier alpha value is -0.890. The minimum absolute atomic E-state index is 0.564. The van der Waals surface area contributed by atoms with Crippen LogP contribution in [0.3, 0.4) is 0 Å².